The molecule has 120 valence electrons. The molecule has 1 aromatic carbocycles. The van der Waals surface area contributed by atoms with Crippen molar-refractivity contribution in [3.05, 3.63) is 52.3 Å². The highest BCUT2D eigenvalue weighted by atomic mass is 32.1. The van der Waals surface area contributed by atoms with Gasteiger partial charge in [0.15, 0.2) is 5.13 Å². The first-order chi connectivity index (χ1) is 11.5. The van der Waals surface area contributed by atoms with E-state index in [2.05, 4.69) is 15.3 Å². The molecule has 0 saturated heterocycles. The highest BCUT2D eigenvalue weighted by Crippen LogP contribution is 2.27. The van der Waals surface area contributed by atoms with E-state index >= 15 is 0 Å². The molecule has 0 bridgehead atoms. The van der Waals surface area contributed by atoms with Gasteiger partial charge in [-0.25, -0.2) is 9.97 Å². The Morgan fingerprint density at radius 3 is 2.92 bits per heavy atom. The molecule has 4 rings (SSSR count). The minimum absolute atomic E-state index is 0.157. The van der Waals surface area contributed by atoms with Gasteiger partial charge in [-0.2, -0.15) is 0 Å². The lowest BCUT2D eigenvalue weighted by molar-refractivity contribution is 0.102. The van der Waals surface area contributed by atoms with E-state index in [4.69, 9.17) is 4.42 Å². The molecule has 3 aromatic heterocycles. The molecule has 0 atom stereocenters. The number of aryl methyl sites for hydroxylation is 2. The number of carbonyl (C=O) groups is 1. The number of anilines is 1. The summed E-state index contributed by atoms with van der Waals surface area (Å²) in [6.07, 6.45) is 1.36. The molecule has 0 saturated carbocycles. The number of aromatic nitrogens is 3. The lowest BCUT2D eigenvalue weighted by Crippen LogP contribution is -2.20. The van der Waals surface area contributed by atoms with E-state index < -0.39 is 5.91 Å². The molecular weight excluding hydrogens is 328 g/mol. The molecule has 7 nitrogen and oxygen atoms in total. The number of nitrogens with one attached hydrogen (secondary N) is 1. The summed E-state index contributed by atoms with van der Waals surface area (Å²) < 4.78 is 7.73. The number of para-hydroxylation sites is 1. The smallest absolute Gasteiger partial charge is 0.265 e. The van der Waals surface area contributed by atoms with Crippen LogP contribution in [-0.4, -0.2) is 20.4 Å². The van der Waals surface area contributed by atoms with Crippen LogP contribution in [0.15, 0.2) is 39.8 Å². The van der Waals surface area contributed by atoms with Gasteiger partial charge in [0.25, 0.3) is 11.5 Å². The highest BCUT2D eigenvalue weighted by Gasteiger charge is 2.23. The number of fused-ring (bicyclic) bond motifs is 2. The van der Waals surface area contributed by atoms with Gasteiger partial charge in [-0.1, -0.05) is 23.5 Å². The standard InChI is InChI=1S/C16H12N4O3S/c1-8-11(12-14(23-8)17-7-20(2)15(12)22)13(21)19-16-18-9-5-3-4-6-10(9)24-16/h3-7H,1-2H3,(H,18,19,21). The molecule has 8 heteroatoms. The number of furan rings is 1. The van der Waals surface area contributed by atoms with Crippen molar-refractivity contribution in [1.82, 2.24) is 14.5 Å². The first-order valence-electron chi connectivity index (χ1n) is 7.16. The van der Waals surface area contributed by atoms with Gasteiger partial charge in [0.05, 0.1) is 15.8 Å². The van der Waals surface area contributed by atoms with Crippen LogP contribution in [0.1, 0.15) is 16.1 Å². The number of amides is 1. The quantitative estimate of drug-likeness (QED) is 0.606. The Balaban J connectivity index is 1.79. The Morgan fingerprint density at radius 1 is 1.33 bits per heavy atom. The van der Waals surface area contributed by atoms with E-state index in [-0.39, 0.29) is 22.2 Å². The van der Waals surface area contributed by atoms with Crippen molar-refractivity contribution in [3.8, 4) is 0 Å². The van der Waals surface area contributed by atoms with Crippen molar-refractivity contribution in [2.75, 3.05) is 5.32 Å². The molecule has 3 heterocycles. The van der Waals surface area contributed by atoms with E-state index in [9.17, 15) is 9.59 Å². The highest BCUT2D eigenvalue weighted by molar-refractivity contribution is 7.22. The van der Waals surface area contributed by atoms with Crippen LogP contribution in [0.3, 0.4) is 0 Å². The number of nitrogens with zero attached hydrogens (tertiary/aromatic N) is 3. The second-order valence-electron chi connectivity index (χ2n) is 5.31. The second-order valence-corrected chi connectivity index (χ2v) is 6.35. The third kappa shape index (κ3) is 2.19. The molecule has 1 N–H and O–H groups in total. The molecule has 0 fully saturated rings. The number of carbonyl (C=O) groups excluding carboxylic acids is 1. The fourth-order valence-corrected chi connectivity index (χ4v) is 3.41. The van der Waals surface area contributed by atoms with E-state index in [1.54, 1.807) is 14.0 Å². The maximum absolute atomic E-state index is 12.7. The molecule has 0 aliphatic heterocycles. The fraction of sp³-hybridized carbons (Fsp3) is 0.125. The SMILES string of the molecule is Cc1oc2ncn(C)c(=O)c2c1C(=O)Nc1nc2ccccc2s1. The van der Waals surface area contributed by atoms with E-state index in [0.717, 1.165) is 10.2 Å². The zero-order valence-electron chi connectivity index (χ0n) is 12.9. The Bertz CT molecular complexity index is 1120. The average Bonchev–Trinajstić information content (AvgIpc) is 3.10. The van der Waals surface area contributed by atoms with Gasteiger partial charge >= 0.3 is 0 Å². The minimum Gasteiger partial charge on any atom is -0.442 e. The van der Waals surface area contributed by atoms with E-state index in [1.165, 1.54) is 22.2 Å². The predicted octanol–water partition coefficient (Wildman–Crippen LogP) is 2.70. The van der Waals surface area contributed by atoms with E-state index in [0.29, 0.717) is 10.9 Å². The number of thiazole rings is 1. The third-order valence-corrected chi connectivity index (χ3v) is 4.64. The normalized spacial score (nSPS) is 11.2. The maximum Gasteiger partial charge on any atom is 0.265 e. The molecule has 0 spiro atoms. The van der Waals surface area contributed by atoms with E-state index in [1.807, 2.05) is 24.3 Å². The van der Waals surface area contributed by atoms with Crippen LogP contribution in [0.25, 0.3) is 21.3 Å². The summed E-state index contributed by atoms with van der Waals surface area (Å²) >= 11 is 1.37. The number of rotatable bonds is 2. The monoisotopic (exact) mass is 340 g/mol. The summed E-state index contributed by atoms with van der Waals surface area (Å²) in [6, 6.07) is 7.60. The van der Waals surface area contributed by atoms with Crippen molar-refractivity contribution >= 4 is 43.7 Å². The molecular formula is C16H12N4O3S. The molecule has 4 aromatic rings. The lowest BCUT2D eigenvalue weighted by Gasteiger charge is -2.01. The summed E-state index contributed by atoms with van der Waals surface area (Å²) in [7, 11) is 1.58. The summed E-state index contributed by atoms with van der Waals surface area (Å²) in [6.45, 7) is 1.63. The first kappa shape index (κ1) is 14.6. The van der Waals surface area contributed by atoms with Gasteiger partial charge in [0, 0.05) is 7.05 Å². The first-order valence-corrected chi connectivity index (χ1v) is 7.98. The summed E-state index contributed by atoms with van der Waals surface area (Å²) in [4.78, 5) is 33.4. The van der Waals surface area contributed by atoms with Crippen molar-refractivity contribution in [2.24, 2.45) is 7.05 Å². The van der Waals surface area contributed by atoms with Crippen LogP contribution in [0, 0.1) is 6.92 Å². The van der Waals surface area contributed by atoms with Crippen LogP contribution in [-0.2, 0) is 7.05 Å². The Labute approximate surface area is 139 Å². The van der Waals surface area contributed by atoms with Crippen LogP contribution < -0.4 is 10.9 Å². The zero-order chi connectivity index (χ0) is 16.8. The summed E-state index contributed by atoms with van der Waals surface area (Å²) in [5, 5.41) is 3.39. The summed E-state index contributed by atoms with van der Waals surface area (Å²) in [5.41, 5.74) is 0.832. The van der Waals surface area contributed by atoms with Crippen molar-refractivity contribution in [2.45, 2.75) is 6.92 Å². The number of benzene rings is 1. The van der Waals surface area contributed by atoms with Crippen LogP contribution in [0.2, 0.25) is 0 Å². The van der Waals surface area contributed by atoms with Gasteiger partial charge in [-0.05, 0) is 19.1 Å². The van der Waals surface area contributed by atoms with Gasteiger partial charge < -0.3 is 8.98 Å². The molecule has 0 aliphatic rings. The van der Waals surface area contributed by atoms with Gasteiger partial charge in [0.2, 0.25) is 5.71 Å². The van der Waals surface area contributed by atoms with Gasteiger partial charge in [-0.3, -0.25) is 14.9 Å². The largest absolute Gasteiger partial charge is 0.442 e. The van der Waals surface area contributed by atoms with Crippen LogP contribution in [0.4, 0.5) is 5.13 Å². The van der Waals surface area contributed by atoms with Gasteiger partial charge in [-0.15, -0.1) is 0 Å². The minimum atomic E-state index is -0.435. The molecule has 0 aliphatic carbocycles. The maximum atomic E-state index is 12.7. The Kier molecular flexibility index (Phi) is 3.20. The predicted molar refractivity (Wildman–Crippen MR) is 91.6 cm³/mol. The second kappa shape index (κ2) is 5.27. The van der Waals surface area contributed by atoms with Crippen LogP contribution >= 0.6 is 11.3 Å². The van der Waals surface area contributed by atoms with Crippen molar-refractivity contribution in [3.63, 3.8) is 0 Å². The van der Waals surface area contributed by atoms with Crippen LogP contribution in [0.5, 0.6) is 0 Å². The number of hydrogen-bond acceptors (Lipinski definition) is 6. The Morgan fingerprint density at radius 2 is 2.12 bits per heavy atom. The number of hydrogen-bond donors (Lipinski definition) is 1. The van der Waals surface area contributed by atoms with Crippen molar-refractivity contribution in [1.29, 1.82) is 0 Å². The third-order valence-electron chi connectivity index (χ3n) is 3.69. The fourth-order valence-electron chi connectivity index (χ4n) is 2.55. The molecule has 1 amide bonds. The van der Waals surface area contributed by atoms with Gasteiger partial charge in [0.1, 0.15) is 17.5 Å². The Hall–Kier alpha value is -3.00. The topological polar surface area (TPSA) is 90.0 Å². The molecule has 0 unspecified atom stereocenters. The average molecular weight is 340 g/mol. The lowest BCUT2D eigenvalue weighted by atomic mass is 10.2. The zero-order valence-corrected chi connectivity index (χ0v) is 13.7. The van der Waals surface area contributed by atoms with Crippen molar-refractivity contribution < 1.29 is 9.21 Å². The molecule has 24 heavy (non-hydrogen) atoms. The summed E-state index contributed by atoms with van der Waals surface area (Å²) in [5.74, 6) is -0.0881. The molecule has 0 radical (unpaired) electrons.